The summed E-state index contributed by atoms with van der Waals surface area (Å²) in [6.07, 6.45) is 1.59. The Morgan fingerprint density at radius 1 is 1.27 bits per heavy atom. The van der Waals surface area contributed by atoms with Gasteiger partial charge in [-0.1, -0.05) is 6.07 Å². The van der Waals surface area contributed by atoms with Crippen molar-refractivity contribution in [3.05, 3.63) is 38.7 Å². The molecule has 1 amide bonds. The maximum atomic E-state index is 12.3. The van der Waals surface area contributed by atoms with Crippen LogP contribution in [0.2, 0.25) is 0 Å². The van der Waals surface area contributed by atoms with Gasteiger partial charge in [-0.15, -0.1) is 22.7 Å². The van der Waals surface area contributed by atoms with Gasteiger partial charge < -0.3 is 10.1 Å². The number of hydrogen-bond donors (Lipinski definition) is 2. The number of carbonyl (C=O) groups is 2. The van der Waals surface area contributed by atoms with Crippen LogP contribution in [0.25, 0.3) is 0 Å². The summed E-state index contributed by atoms with van der Waals surface area (Å²) in [6.45, 7) is 1.36. The largest absolute Gasteiger partial charge is 0.451 e. The third-order valence-electron chi connectivity index (χ3n) is 3.68. The van der Waals surface area contributed by atoms with E-state index in [4.69, 9.17) is 4.74 Å². The zero-order chi connectivity index (χ0) is 18.7. The van der Waals surface area contributed by atoms with E-state index in [1.54, 1.807) is 0 Å². The molecular weight excluding hydrogens is 396 g/mol. The van der Waals surface area contributed by atoms with Gasteiger partial charge in [0, 0.05) is 10.9 Å². The molecular formula is C16H18N2O5S3. The minimum atomic E-state index is -3.76. The summed E-state index contributed by atoms with van der Waals surface area (Å²) in [5.74, 6) is -1.27. The van der Waals surface area contributed by atoms with E-state index in [1.807, 2.05) is 24.4 Å². The Hall–Kier alpha value is -1.75. The fourth-order valence-corrected chi connectivity index (χ4v) is 5.58. The topological polar surface area (TPSA) is 102 Å². The summed E-state index contributed by atoms with van der Waals surface area (Å²) in [5, 5.41) is 6.15. The molecule has 0 radical (unpaired) electrons. The highest BCUT2D eigenvalue weighted by Gasteiger charge is 2.31. The van der Waals surface area contributed by atoms with Crippen molar-refractivity contribution in [1.82, 2.24) is 10.0 Å². The molecule has 1 aliphatic carbocycles. The molecule has 0 unspecified atom stereocenters. The maximum Gasteiger partial charge on any atom is 0.350 e. The van der Waals surface area contributed by atoms with Crippen molar-refractivity contribution >= 4 is 44.6 Å². The minimum Gasteiger partial charge on any atom is -0.451 e. The lowest BCUT2D eigenvalue weighted by molar-refractivity contribution is -0.124. The molecule has 1 fully saturated rings. The first-order valence-electron chi connectivity index (χ1n) is 7.96. The van der Waals surface area contributed by atoms with Gasteiger partial charge in [0.05, 0.1) is 6.04 Å². The zero-order valence-corrected chi connectivity index (χ0v) is 16.4. The highest BCUT2D eigenvalue weighted by Crippen LogP contribution is 2.27. The normalized spacial score (nSPS) is 15.4. The standard InChI is InChI=1S/C16H18N2O5S3/c1-10(12-3-2-7-24-12)17-14(19)9-23-16(20)15-13(6-8-25-15)26(21,22)18-11-4-5-11/h2-3,6-8,10-11,18H,4-5,9H2,1H3,(H,17,19)/t10-/m0/s1. The monoisotopic (exact) mass is 414 g/mol. The second-order valence-electron chi connectivity index (χ2n) is 5.89. The minimum absolute atomic E-state index is 0.0303. The molecule has 1 aliphatic rings. The van der Waals surface area contributed by atoms with Gasteiger partial charge in [0.1, 0.15) is 9.77 Å². The summed E-state index contributed by atoms with van der Waals surface area (Å²) >= 11 is 2.49. The number of thiophene rings is 2. The molecule has 0 spiro atoms. The van der Waals surface area contributed by atoms with Crippen LogP contribution >= 0.6 is 22.7 Å². The van der Waals surface area contributed by atoms with E-state index >= 15 is 0 Å². The molecule has 0 aromatic carbocycles. The van der Waals surface area contributed by atoms with Crippen molar-refractivity contribution in [1.29, 1.82) is 0 Å². The van der Waals surface area contributed by atoms with Gasteiger partial charge in [0.15, 0.2) is 6.61 Å². The number of ether oxygens (including phenoxy) is 1. The van der Waals surface area contributed by atoms with E-state index in [1.165, 1.54) is 22.8 Å². The Labute approximate surface area is 159 Å². The summed E-state index contributed by atoms with van der Waals surface area (Å²) in [6, 6.07) is 4.90. The lowest BCUT2D eigenvalue weighted by Gasteiger charge is -2.12. The van der Waals surface area contributed by atoms with Gasteiger partial charge in [-0.05, 0) is 42.7 Å². The van der Waals surface area contributed by atoms with Gasteiger partial charge in [0.2, 0.25) is 10.0 Å². The highest BCUT2D eigenvalue weighted by atomic mass is 32.2. The molecule has 140 valence electrons. The molecule has 2 N–H and O–H groups in total. The number of rotatable bonds is 8. The lowest BCUT2D eigenvalue weighted by atomic mass is 10.3. The first-order valence-corrected chi connectivity index (χ1v) is 11.2. The molecule has 2 heterocycles. The van der Waals surface area contributed by atoms with E-state index in [-0.39, 0.29) is 21.9 Å². The van der Waals surface area contributed by atoms with Crippen LogP contribution in [-0.2, 0) is 19.6 Å². The molecule has 2 aromatic heterocycles. The van der Waals surface area contributed by atoms with Crippen molar-refractivity contribution in [3.8, 4) is 0 Å². The van der Waals surface area contributed by atoms with E-state index in [9.17, 15) is 18.0 Å². The fourth-order valence-electron chi connectivity index (χ4n) is 2.23. The van der Waals surface area contributed by atoms with E-state index in [0.717, 1.165) is 29.1 Å². The summed E-state index contributed by atoms with van der Waals surface area (Å²) in [5.41, 5.74) is 0. The van der Waals surface area contributed by atoms with Crippen LogP contribution in [0, 0.1) is 0 Å². The SMILES string of the molecule is C[C@H](NC(=O)COC(=O)c1sccc1S(=O)(=O)NC1CC1)c1cccs1. The third-order valence-corrected chi connectivity index (χ3v) is 7.33. The lowest BCUT2D eigenvalue weighted by Crippen LogP contribution is -2.31. The molecule has 0 saturated heterocycles. The summed E-state index contributed by atoms with van der Waals surface area (Å²) < 4.78 is 32.1. The Morgan fingerprint density at radius 2 is 2.04 bits per heavy atom. The molecule has 1 atom stereocenters. The summed E-state index contributed by atoms with van der Waals surface area (Å²) in [7, 11) is -3.76. The number of nitrogens with one attached hydrogen (secondary N) is 2. The van der Waals surface area contributed by atoms with Crippen LogP contribution in [-0.4, -0.2) is 32.9 Å². The highest BCUT2D eigenvalue weighted by molar-refractivity contribution is 7.89. The molecule has 10 heteroatoms. The first kappa shape index (κ1) is 19.0. The predicted octanol–water partition coefficient (Wildman–Crippen LogP) is 2.28. The molecule has 2 aromatic rings. The van der Waals surface area contributed by atoms with E-state index < -0.39 is 28.5 Å². The third kappa shape index (κ3) is 4.70. The first-order chi connectivity index (χ1) is 12.4. The van der Waals surface area contributed by atoms with E-state index in [0.29, 0.717) is 0 Å². The van der Waals surface area contributed by atoms with Crippen molar-refractivity contribution < 1.29 is 22.7 Å². The van der Waals surface area contributed by atoms with Crippen LogP contribution in [0.4, 0.5) is 0 Å². The van der Waals surface area contributed by atoms with Crippen LogP contribution in [0.3, 0.4) is 0 Å². The molecule has 1 saturated carbocycles. The predicted molar refractivity (Wildman–Crippen MR) is 98.8 cm³/mol. The van der Waals surface area contributed by atoms with Crippen molar-refractivity contribution in [2.75, 3.05) is 6.61 Å². The Balaban J connectivity index is 1.57. The Morgan fingerprint density at radius 3 is 2.69 bits per heavy atom. The van der Waals surface area contributed by atoms with Crippen LogP contribution in [0.15, 0.2) is 33.9 Å². The number of hydrogen-bond acceptors (Lipinski definition) is 7. The molecule has 7 nitrogen and oxygen atoms in total. The van der Waals surface area contributed by atoms with Crippen LogP contribution in [0.1, 0.15) is 40.4 Å². The average Bonchev–Trinajstić information content (AvgIpc) is 3.10. The molecule has 26 heavy (non-hydrogen) atoms. The van der Waals surface area contributed by atoms with Gasteiger partial charge in [-0.2, -0.15) is 0 Å². The number of amides is 1. The second kappa shape index (κ2) is 7.87. The number of sulfonamides is 1. The van der Waals surface area contributed by atoms with Crippen molar-refractivity contribution in [2.45, 2.75) is 36.7 Å². The average molecular weight is 415 g/mol. The van der Waals surface area contributed by atoms with E-state index in [2.05, 4.69) is 10.0 Å². The molecule has 0 aliphatic heterocycles. The molecule has 0 bridgehead atoms. The van der Waals surface area contributed by atoms with Gasteiger partial charge >= 0.3 is 5.97 Å². The van der Waals surface area contributed by atoms with Crippen LogP contribution < -0.4 is 10.0 Å². The Bertz CT molecular complexity index is 885. The molecule has 3 rings (SSSR count). The zero-order valence-electron chi connectivity index (χ0n) is 13.9. The van der Waals surface area contributed by atoms with Gasteiger partial charge in [-0.25, -0.2) is 17.9 Å². The fraction of sp³-hybridized carbons (Fsp3) is 0.375. The maximum absolute atomic E-state index is 12.3. The Kier molecular flexibility index (Phi) is 5.76. The number of esters is 1. The number of carbonyl (C=O) groups excluding carboxylic acids is 2. The quantitative estimate of drug-likeness (QED) is 0.646. The van der Waals surface area contributed by atoms with Crippen molar-refractivity contribution in [3.63, 3.8) is 0 Å². The van der Waals surface area contributed by atoms with Gasteiger partial charge in [-0.3, -0.25) is 4.79 Å². The summed E-state index contributed by atoms with van der Waals surface area (Å²) in [4.78, 5) is 25.0. The van der Waals surface area contributed by atoms with Crippen LogP contribution in [0.5, 0.6) is 0 Å². The van der Waals surface area contributed by atoms with Gasteiger partial charge in [0.25, 0.3) is 5.91 Å². The van der Waals surface area contributed by atoms with Crippen molar-refractivity contribution in [2.24, 2.45) is 0 Å². The smallest absolute Gasteiger partial charge is 0.350 e. The second-order valence-corrected chi connectivity index (χ2v) is 9.47.